The molecule has 2 rings (SSSR count). The molecule has 66 valence electrons. The first-order valence-electron chi connectivity index (χ1n) is 5.04. The fraction of sp³-hybridized carbons (Fsp3) is 1.00. The summed E-state index contributed by atoms with van der Waals surface area (Å²) in [7, 11) is 0. The number of nitrogens with one attached hydrogen (secondary N) is 1. The summed E-state index contributed by atoms with van der Waals surface area (Å²) in [6, 6.07) is 0.793. The van der Waals surface area contributed by atoms with E-state index in [9.17, 15) is 0 Å². The largest absolute Gasteiger partial charge is 0.314 e. The maximum atomic E-state index is 3.48. The second-order valence-corrected chi connectivity index (χ2v) is 3.81. The van der Waals surface area contributed by atoms with Crippen molar-refractivity contribution in [2.24, 2.45) is 5.41 Å². The molecule has 11 heavy (non-hydrogen) atoms. The van der Waals surface area contributed by atoms with Crippen LogP contribution in [0.4, 0.5) is 0 Å². The van der Waals surface area contributed by atoms with Crippen LogP contribution in [-0.4, -0.2) is 12.6 Å². The molecule has 1 N–H and O–H groups in total. The molecule has 1 nitrogen and oxygen atoms in total. The minimum atomic E-state index is 0.793. The lowest BCUT2D eigenvalue weighted by Crippen LogP contribution is -2.36. The first-order chi connectivity index (χ1) is 5.31. The van der Waals surface area contributed by atoms with Gasteiger partial charge in [0.25, 0.3) is 0 Å². The van der Waals surface area contributed by atoms with Crippen molar-refractivity contribution in [1.82, 2.24) is 5.32 Å². The Morgan fingerprint density at radius 1 is 1.18 bits per heavy atom. The molecule has 0 aromatic heterocycles. The molecule has 0 amide bonds. The Balaban J connectivity index is 0.000000281. The summed E-state index contributed by atoms with van der Waals surface area (Å²) in [5.74, 6) is 0. The van der Waals surface area contributed by atoms with E-state index in [1.807, 2.05) is 13.8 Å². The van der Waals surface area contributed by atoms with E-state index in [0.717, 1.165) is 11.5 Å². The van der Waals surface area contributed by atoms with Gasteiger partial charge in [0.15, 0.2) is 0 Å². The highest BCUT2D eigenvalue weighted by molar-refractivity contribution is 4.98. The summed E-state index contributed by atoms with van der Waals surface area (Å²) in [4.78, 5) is 0. The van der Waals surface area contributed by atoms with Gasteiger partial charge in [-0.25, -0.2) is 0 Å². The second kappa shape index (κ2) is 3.57. The second-order valence-electron chi connectivity index (χ2n) is 3.81. The zero-order valence-electron chi connectivity index (χ0n) is 8.11. The van der Waals surface area contributed by atoms with E-state index < -0.39 is 0 Å². The Bertz CT molecular complexity index is 116. The van der Waals surface area contributed by atoms with Crippen LogP contribution in [0.3, 0.4) is 0 Å². The molecule has 0 radical (unpaired) electrons. The summed E-state index contributed by atoms with van der Waals surface area (Å²) >= 11 is 0. The van der Waals surface area contributed by atoms with Gasteiger partial charge in [-0.15, -0.1) is 0 Å². The monoisotopic (exact) mass is 155 g/mol. The highest BCUT2D eigenvalue weighted by Crippen LogP contribution is 2.53. The Morgan fingerprint density at radius 3 is 2.18 bits per heavy atom. The van der Waals surface area contributed by atoms with Gasteiger partial charge in [0.2, 0.25) is 0 Å². The Morgan fingerprint density at radius 2 is 1.82 bits per heavy atom. The number of piperidine rings is 1. The van der Waals surface area contributed by atoms with Crippen molar-refractivity contribution < 1.29 is 0 Å². The predicted molar refractivity (Wildman–Crippen MR) is 49.7 cm³/mol. The van der Waals surface area contributed by atoms with Crippen molar-refractivity contribution in [1.29, 1.82) is 0 Å². The van der Waals surface area contributed by atoms with Gasteiger partial charge >= 0.3 is 0 Å². The summed E-state index contributed by atoms with van der Waals surface area (Å²) in [6.07, 6.45) is 5.91. The van der Waals surface area contributed by atoms with E-state index in [1.54, 1.807) is 0 Å². The zero-order valence-corrected chi connectivity index (χ0v) is 8.11. The van der Waals surface area contributed by atoms with Gasteiger partial charge in [0.05, 0.1) is 0 Å². The fourth-order valence-corrected chi connectivity index (χ4v) is 2.04. The lowest BCUT2D eigenvalue weighted by molar-refractivity contribution is 0.296. The van der Waals surface area contributed by atoms with E-state index >= 15 is 0 Å². The van der Waals surface area contributed by atoms with Gasteiger partial charge in [0.1, 0.15) is 0 Å². The molecule has 1 unspecified atom stereocenters. The first-order valence-corrected chi connectivity index (χ1v) is 5.04. The van der Waals surface area contributed by atoms with Crippen molar-refractivity contribution >= 4 is 0 Å². The van der Waals surface area contributed by atoms with Crippen molar-refractivity contribution in [3.05, 3.63) is 0 Å². The molecule has 2 fully saturated rings. The Labute approximate surface area is 70.6 Å². The number of hydrogen-bond donors (Lipinski definition) is 1. The minimum Gasteiger partial charge on any atom is -0.314 e. The average molecular weight is 155 g/mol. The van der Waals surface area contributed by atoms with Crippen LogP contribution in [0, 0.1) is 5.41 Å². The number of hydrogen-bond acceptors (Lipinski definition) is 1. The van der Waals surface area contributed by atoms with Crippen molar-refractivity contribution in [2.45, 2.75) is 52.5 Å². The molecule has 1 heterocycles. The average Bonchev–Trinajstić information content (AvgIpc) is 2.73. The van der Waals surface area contributed by atoms with Crippen LogP contribution in [-0.2, 0) is 0 Å². The smallest absolute Gasteiger partial charge is 0.00440 e. The molecule has 1 atom stereocenters. The minimum absolute atomic E-state index is 0.793. The van der Waals surface area contributed by atoms with Crippen LogP contribution in [0.25, 0.3) is 0 Å². The van der Waals surface area contributed by atoms with E-state index in [2.05, 4.69) is 12.2 Å². The topological polar surface area (TPSA) is 12.0 Å². The molecular weight excluding hydrogens is 134 g/mol. The maximum Gasteiger partial charge on any atom is 0.00440 e. The lowest BCUT2D eigenvalue weighted by atomic mass is 9.90. The zero-order chi connectivity index (χ0) is 8.32. The van der Waals surface area contributed by atoms with Crippen LogP contribution in [0.15, 0.2) is 0 Å². The van der Waals surface area contributed by atoms with Gasteiger partial charge in [0, 0.05) is 6.04 Å². The van der Waals surface area contributed by atoms with Crippen LogP contribution in [0.5, 0.6) is 0 Å². The SMILES string of the molecule is CC.CC1CC2(CCN1)CC2. The normalized spacial score (nSPS) is 32.5. The quantitative estimate of drug-likeness (QED) is 0.567. The maximum absolute atomic E-state index is 3.48. The fourth-order valence-electron chi connectivity index (χ4n) is 2.04. The molecule has 0 bridgehead atoms. The van der Waals surface area contributed by atoms with E-state index in [4.69, 9.17) is 0 Å². The molecule has 1 aliphatic heterocycles. The molecule has 0 aromatic rings. The Hall–Kier alpha value is -0.0400. The van der Waals surface area contributed by atoms with Crippen LogP contribution in [0.2, 0.25) is 0 Å². The van der Waals surface area contributed by atoms with Gasteiger partial charge in [-0.05, 0) is 44.6 Å². The van der Waals surface area contributed by atoms with Crippen LogP contribution < -0.4 is 5.32 Å². The predicted octanol–water partition coefficient (Wildman–Crippen LogP) is 2.56. The Kier molecular flexibility index (Phi) is 2.94. The third kappa shape index (κ3) is 2.19. The van der Waals surface area contributed by atoms with Crippen LogP contribution >= 0.6 is 0 Å². The van der Waals surface area contributed by atoms with Gasteiger partial charge in [-0.3, -0.25) is 0 Å². The highest BCUT2D eigenvalue weighted by Gasteiger charge is 2.44. The lowest BCUT2D eigenvalue weighted by Gasteiger charge is -2.27. The van der Waals surface area contributed by atoms with E-state index in [0.29, 0.717) is 0 Å². The van der Waals surface area contributed by atoms with Gasteiger partial charge in [-0.1, -0.05) is 13.8 Å². The van der Waals surface area contributed by atoms with Crippen LogP contribution in [0.1, 0.15) is 46.5 Å². The molecule has 1 heteroatoms. The molecule has 2 aliphatic rings. The van der Waals surface area contributed by atoms with Gasteiger partial charge in [-0.2, -0.15) is 0 Å². The number of rotatable bonds is 0. The van der Waals surface area contributed by atoms with Gasteiger partial charge < -0.3 is 5.32 Å². The molecule has 1 spiro atoms. The molecule has 0 aromatic carbocycles. The molecular formula is C10H21N. The van der Waals surface area contributed by atoms with Crippen molar-refractivity contribution in [3.8, 4) is 0 Å². The van der Waals surface area contributed by atoms with E-state index in [1.165, 1.54) is 32.2 Å². The summed E-state index contributed by atoms with van der Waals surface area (Å²) in [5.41, 5.74) is 0.838. The summed E-state index contributed by atoms with van der Waals surface area (Å²) in [5, 5.41) is 3.48. The highest BCUT2D eigenvalue weighted by atomic mass is 14.9. The van der Waals surface area contributed by atoms with Crippen molar-refractivity contribution in [3.63, 3.8) is 0 Å². The van der Waals surface area contributed by atoms with E-state index in [-0.39, 0.29) is 0 Å². The third-order valence-electron chi connectivity index (χ3n) is 2.84. The molecule has 1 saturated carbocycles. The standard InChI is InChI=1S/C8H15N.C2H6/c1-7-6-8(2-3-8)4-5-9-7;1-2/h7,9H,2-6H2,1H3;1-2H3. The summed E-state index contributed by atoms with van der Waals surface area (Å²) < 4.78 is 0. The third-order valence-corrected chi connectivity index (χ3v) is 2.84. The summed E-state index contributed by atoms with van der Waals surface area (Å²) in [6.45, 7) is 7.57. The first kappa shape index (κ1) is 9.05. The molecule has 1 aliphatic carbocycles. The van der Waals surface area contributed by atoms with Crippen molar-refractivity contribution in [2.75, 3.05) is 6.54 Å². The molecule has 1 saturated heterocycles.